The van der Waals surface area contributed by atoms with Gasteiger partial charge >= 0.3 is 0 Å². The third-order valence-corrected chi connectivity index (χ3v) is 4.01. The van der Waals surface area contributed by atoms with E-state index in [0.29, 0.717) is 0 Å². The Kier molecular flexibility index (Phi) is 2.60. The van der Waals surface area contributed by atoms with E-state index < -0.39 is 6.17 Å². The fourth-order valence-corrected chi connectivity index (χ4v) is 3.51. The van der Waals surface area contributed by atoms with Crippen molar-refractivity contribution in [1.82, 2.24) is 5.32 Å². The predicted molar refractivity (Wildman–Crippen MR) is 51.4 cm³/mol. The molecule has 3 heteroatoms. The Balaban J connectivity index is 1.97. The maximum Gasteiger partial charge on any atom is 0.103 e. The van der Waals surface area contributed by atoms with Crippen LogP contribution in [0.3, 0.4) is 0 Å². The Morgan fingerprint density at radius 2 is 2.08 bits per heavy atom. The average Bonchev–Trinajstić information content (AvgIpc) is 2.05. The Labute approximate surface area is 77.5 Å². The monoisotopic (exact) mass is 189 g/mol. The van der Waals surface area contributed by atoms with Crippen LogP contribution in [0.25, 0.3) is 0 Å². The molecule has 0 aromatic carbocycles. The van der Waals surface area contributed by atoms with Crippen LogP contribution in [0.1, 0.15) is 25.7 Å². The molecule has 0 aromatic heterocycles. The van der Waals surface area contributed by atoms with Crippen molar-refractivity contribution in [3.8, 4) is 0 Å². The molecular formula is C9H16FNS. The summed E-state index contributed by atoms with van der Waals surface area (Å²) >= 11 is 2.00. The van der Waals surface area contributed by atoms with E-state index in [1.807, 2.05) is 11.8 Å². The molecule has 0 amide bonds. The summed E-state index contributed by atoms with van der Waals surface area (Å²) in [5, 5.41) is 3.51. The second kappa shape index (κ2) is 3.54. The van der Waals surface area contributed by atoms with Gasteiger partial charge in [0, 0.05) is 5.54 Å². The molecule has 70 valence electrons. The highest BCUT2D eigenvalue weighted by Gasteiger charge is 2.37. The lowest BCUT2D eigenvalue weighted by Gasteiger charge is -2.42. The lowest BCUT2D eigenvalue weighted by molar-refractivity contribution is 0.143. The molecule has 0 aliphatic carbocycles. The highest BCUT2D eigenvalue weighted by Crippen LogP contribution is 2.34. The molecule has 1 spiro atoms. The zero-order valence-corrected chi connectivity index (χ0v) is 8.13. The van der Waals surface area contributed by atoms with Crippen LogP contribution >= 0.6 is 11.8 Å². The topological polar surface area (TPSA) is 12.0 Å². The molecule has 0 radical (unpaired) electrons. The van der Waals surface area contributed by atoms with E-state index in [9.17, 15) is 4.39 Å². The number of piperidine rings is 1. The molecule has 2 aliphatic heterocycles. The van der Waals surface area contributed by atoms with Crippen molar-refractivity contribution in [1.29, 1.82) is 0 Å². The van der Waals surface area contributed by atoms with Crippen LogP contribution < -0.4 is 5.32 Å². The lowest BCUT2D eigenvalue weighted by atomic mass is 9.83. The molecule has 2 aliphatic rings. The summed E-state index contributed by atoms with van der Waals surface area (Å²) in [7, 11) is 0. The smallest absolute Gasteiger partial charge is 0.103 e. The Morgan fingerprint density at radius 1 is 1.33 bits per heavy atom. The van der Waals surface area contributed by atoms with Crippen LogP contribution in [0.2, 0.25) is 0 Å². The molecule has 0 aromatic rings. The van der Waals surface area contributed by atoms with Crippen molar-refractivity contribution in [3.63, 3.8) is 0 Å². The fraction of sp³-hybridized carbons (Fsp3) is 1.00. The van der Waals surface area contributed by atoms with E-state index in [4.69, 9.17) is 0 Å². The van der Waals surface area contributed by atoms with Gasteiger partial charge in [-0.15, -0.1) is 0 Å². The number of nitrogens with one attached hydrogen (secondary N) is 1. The van der Waals surface area contributed by atoms with Crippen molar-refractivity contribution in [2.75, 3.05) is 18.1 Å². The molecule has 2 fully saturated rings. The summed E-state index contributed by atoms with van der Waals surface area (Å²) in [5.74, 6) is 2.42. The summed E-state index contributed by atoms with van der Waals surface area (Å²) < 4.78 is 13.2. The largest absolute Gasteiger partial charge is 0.311 e. The highest BCUT2D eigenvalue weighted by atomic mass is 32.2. The minimum Gasteiger partial charge on any atom is -0.311 e. The molecule has 2 rings (SSSR count). The molecule has 1 nitrogen and oxygen atoms in total. The maximum absolute atomic E-state index is 13.2. The van der Waals surface area contributed by atoms with Gasteiger partial charge in [0.05, 0.1) is 0 Å². The first-order valence-electron chi connectivity index (χ1n) is 4.78. The average molecular weight is 189 g/mol. The fourth-order valence-electron chi connectivity index (χ4n) is 2.24. The number of alkyl halides is 1. The zero-order valence-electron chi connectivity index (χ0n) is 7.31. The minimum atomic E-state index is -0.547. The summed E-state index contributed by atoms with van der Waals surface area (Å²) in [6.07, 6.45) is 3.26. The van der Waals surface area contributed by atoms with E-state index >= 15 is 0 Å². The number of thioether (sulfide) groups is 1. The third kappa shape index (κ3) is 1.77. The number of rotatable bonds is 0. The second-order valence-corrected chi connectivity index (χ2v) is 5.13. The van der Waals surface area contributed by atoms with Crippen LogP contribution in [0, 0.1) is 0 Å². The van der Waals surface area contributed by atoms with Crippen molar-refractivity contribution >= 4 is 11.8 Å². The first-order valence-corrected chi connectivity index (χ1v) is 5.93. The van der Waals surface area contributed by atoms with Gasteiger partial charge in [-0.25, -0.2) is 4.39 Å². The number of hydrogen-bond acceptors (Lipinski definition) is 2. The van der Waals surface area contributed by atoms with Crippen molar-refractivity contribution in [2.24, 2.45) is 0 Å². The van der Waals surface area contributed by atoms with E-state index in [-0.39, 0.29) is 5.54 Å². The molecule has 0 bridgehead atoms. The van der Waals surface area contributed by atoms with Gasteiger partial charge in [0.2, 0.25) is 0 Å². The maximum atomic E-state index is 13.2. The van der Waals surface area contributed by atoms with Gasteiger partial charge in [-0.1, -0.05) is 0 Å². The molecule has 0 saturated carbocycles. The van der Waals surface area contributed by atoms with Gasteiger partial charge in [0.25, 0.3) is 0 Å². The normalized spacial score (nSPS) is 35.2. The van der Waals surface area contributed by atoms with E-state index in [1.165, 1.54) is 11.5 Å². The minimum absolute atomic E-state index is 0.183. The van der Waals surface area contributed by atoms with Crippen LogP contribution in [0.4, 0.5) is 4.39 Å². The van der Waals surface area contributed by atoms with Crippen LogP contribution in [0.5, 0.6) is 0 Å². The van der Waals surface area contributed by atoms with Crippen LogP contribution in [-0.2, 0) is 0 Å². The molecule has 1 unspecified atom stereocenters. The van der Waals surface area contributed by atoms with Gasteiger partial charge in [-0.05, 0) is 43.7 Å². The van der Waals surface area contributed by atoms with Gasteiger partial charge in [-0.2, -0.15) is 11.8 Å². The summed E-state index contributed by atoms with van der Waals surface area (Å²) in [6, 6.07) is 0. The standard InChI is InChI=1S/C9H16FNS/c10-8-1-4-11-9(7-8)2-5-12-6-3-9/h8,11H,1-7H2. The Bertz CT molecular complexity index is 151. The Morgan fingerprint density at radius 3 is 2.75 bits per heavy atom. The summed E-state index contributed by atoms with van der Waals surface area (Å²) in [5.41, 5.74) is 0.183. The molecule has 2 saturated heterocycles. The Hall–Kier alpha value is 0.240. The number of hydrogen-bond donors (Lipinski definition) is 1. The van der Waals surface area contributed by atoms with E-state index in [2.05, 4.69) is 5.32 Å². The van der Waals surface area contributed by atoms with Crippen molar-refractivity contribution in [3.05, 3.63) is 0 Å². The van der Waals surface area contributed by atoms with Gasteiger partial charge in [0.1, 0.15) is 6.17 Å². The second-order valence-electron chi connectivity index (χ2n) is 3.91. The van der Waals surface area contributed by atoms with Gasteiger partial charge < -0.3 is 5.32 Å². The van der Waals surface area contributed by atoms with Crippen LogP contribution in [-0.4, -0.2) is 29.8 Å². The highest BCUT2D eigenvalue weighted by molar-refractivity contribution is 7.99. The van der Waals surface area contributed by atoms with Gasteiger partial charge in [-0.3, -0.25) is 0 Å². The molecular weight excluding hydrogens is 173 g/mol. The van der Waals surface area contributed by atoms with Crippen molar-refractivity contribution in [2.45, 2.75) is 37.4 Å². The lowest BCUT2D eigenvalue weighted by Crippen LogP contribution is -2.53. The van der Waals surface area contributed by atoms with E-state index in [1.54, 1.807) is 0 Å². The third-order valence-electron chi connectivity index (χ3n) is 3.02. The van der Waals surface area contributed by atoms with E-state index in [0.717, 1.165) is 32.2 Å². The van der Waals surface area contributed by atoms with Crippen molar-refractivity contribution < 1.29 is 4.39 Å². The molecule has 12 heavy (non-hydrogen) atoms. The first-order chi connectivity index (χ1) is 5.81. The molecule has 1 N–H and O–H groups in total. The van der Waals surface area contributed by atoms with Crippen LogP contribution in [0.15, 0.2) is 0 Å². The number of halogens is 1. The predicted octanol–water partition coefficient (Wildman–Crippen LogP) is 1.97. The molecule has 1 atom stereocenters. The summed E-state index contributed by atoms with van der Waals surface area (Å²) in [4.78, 5) is 0. The first kappa shape index (κ1) is 8.82. The molecule has 2 heterocycles. The zero-order chi connectivity index (χ0) is 8.44. The SMILES string of the molecule is FC1CCNC2(CCSCC2)C1. The van der Waals surface area contributed by atoms with Gasteiger partial charge in [0.15, 0.2) is 0 Å². The summed E-state index contributed by atoms with van der Waals surface area (Å²) in [6.45, 7) is 0.881. The quantitative estimate of drug-likeness (QED) is 0.625.